The first-order valence-electron chi connectivity index (χ1n) is 8.26. The lowest BCUT2D eigenvalue weighted by molar-refractivity contribution is 0.0947. The average Bonchev–Trinajstić information content (AvgIpc) is 3.05. The first kappa shape index (κ1) is 17.5. The molecular formula is C19H21NO4S. The molecule has 2 aromatic carbocycles. The summed E-state index contributed by atoms with van der Waals surface area (Å²) in [5.41, 5.74) is 3.18. The number of carbonyl (C=O) groups excluding carboxylic acids is 1. The number of rotatable bonds is 6. The van der Waals surface area contributed by atoms with Gasteiger partial charge < -0.3 is 10.1 Å². The Kier molecular flexibility index (Phi) is 5.08. The minimum Gasteiger partial charge on any atom is -0.492 e. The first-order chi connectivity index (χ1) is 11.9. The maximum Gasteiger partial charge on any atom is 0.251 e. The van der Waals surface area contributed by atoms with Gasteiger partial charge in [-0.25, -0.2) is 8.42 Å². The zero-order valence-electron chi connectivity index (χ0n) is 14.1. The zero-order valence-corrected chi connectivity index (χ0v) is 14.9. The fraction of sp³-hybridized carbons (Fsp3) is 0.316. The summed E-state index contributed by atoms with van der Waals surface area (Å²) in [5, 5.41) is 2.77. The third-order valence-corrected chi connectivity index (χ3v) is 5.40. The summed E-state index contributed by atoms with van der Waals surface area (Å²) in [6, 6.07) is 12.0. The number of aryl methyl sites for hydroxylation is 2. The van der Waals surface area contributed by atoms with Gasteiger partial charge in [0.2, 0.25) is 0 Å². The van der Waals surface area contributed by atoms with E-state index in [0.717, 1.165) is 24.8 Å². The number of fused-ring (bicyclic) bond motifs is 1. The maximum atomic E-state index is 12.1. The molecule has 0 unspecified atom stereocenters. The van der Waals surface area contributed by atoms with E-state index in [0.29, 0.717) is 18.7 Å². The molecule has 132 valence electrons. The summed E-state index contributed by atoms with van der Waals surface area (Å²) in [6.45, 7) is 0.760. The lowest BCUT2D eigenvalue weighted by Gasteiger charge is -2.09. The molecule has 1 amide bonds. The second-order valence-corrected chi connectivity index (χ2v) is 8.20. The summed E-state index contributed by atoms with van der Waals surface area (Å²) in [6.07, 6.45) is 4.59. The molecular weight excluding hydrogens is 338 g/mol. The molecule has 0 fully saturated rings. The Morgan fingerprint density at radius 1 is 1.08 bits per heavy atom. The van der Waals surface area contributed by atoms with E-state index in [1.807, 2.05) is 6.07 Å². The molecule has 3 rings (SSSR count). The molecule has 0 bridgehead atoms. The van der Waals surface area contributed by atoms with Crippen molar-refractivity contribution in [1.82, 2.24) is 5.32 Å². The second-order valence-electron chi connectivity index (χ2n) is 6.18. The average molecular weight is 359 g/mol. The van der Waals surface area contributed by atoms with Crippen LogP contribution in [0.5, 0.6) is 5.75 Å². The molecule has 0 atom stereocenters. The molecule has 0 heterocycles. The highest BCUT2D eigenvalue weighted by molar-refractivity contribution is 7.90. The number of hydrogen-bond donors (Lipinski definition) is 1. The smallest absolute Gasteiger partial charge is 0.251 e. The van der Waals surface area contributed by atoms with Gasteiger partial charge in [0.1, 0.15) is 12.4 Å². The number of benzene rings is 2. The Balaban J connectivity index is 1.48. The highest BCUT2D eigenvalue weighted by atomic mass is 32.2. The minimum atomic E-state index is -3.25. The molecule has 0 aliphatic heterocycles. The molecule has 0 spiro atoms. The van der Waals surface area contributed by atoms with Crippen LogP contribution in [0, 0.1) is 0 Å². The number of ether oxygens (including phenoxy) is 1. The van der Waals surface area contributed by atoms with Crippen LogP contribution >= 0.6 is 0 Å². The topological polar surface area (TPSA) is 72.5 Å². The molecule has 5 nitrogen and oxygen atoms in total. The SMILES string of the molecule is CS(=O)(=O)c1ccc(C(=O)NCCOc2ccc3c(c2)CCC3)cc1. The van der Waals surface area contributed by atoms with Gasteiger partial charge in [-0.1, -0.05) is 6.07 Å². The van der Waals surface area contributed by atoms with Gasteiger partial charge in [0, 0.05) is 11.8 Å². The molecule has 6 heteroatoms. The number of nitrogens with one attached hydrogen (secondary N) is 1. The van der Waals surface area contributed by atoms with E-state index in [-0.39, 0.29) is 10.8 Å². The Hall–Kier alpha value is -2.34. The summed E-state index contributed by atoms with van der Waals surface area (Å²) in [4.78, 5) is 12.3. The van der Waals surface area contributed by atoms with Crippen LogP contribution in [-0.2, 0) is 22.7 Å². The van der Waals surface area contributed by atoms with Crippen LogP contribution in [0.2, 0.25) is 0 Å². The summed E-state index contributed by atoms with van der Waals surface area (Å²) >= 11 is 0. The normalized spacial score (nSPS) is 13.3. The standard InChI is InChI=1S/C19H21NO4S/c1-25(22,23)18-9-6-15(7-10-18)19(21)20-11-12-24-17-8-5-14-3-2-4-16(14)13-17/h5-10,13H,2-4,11-12H2,1H3,(H,20,21). The van der Waals surface area contributed by atoms with E-state index in [9.17, 15) is 13.2 Å². The van der Waals surface area contributed by atoms with Gasteiger partial charge in [0.25, 0.3) is 5.91 Å². The van der Waals surface area contributed by atoms with E-state index in [4.69, 9.17) is 4.74 Å². The molecule has 0 saturated carbocycles. The van der Waals surface area contributed by atoms with Crippen LogP contribution < -0.4 is 10.1 Å². The third-order valence-electron chi connectivity index (χ3n) is 4.27. The van der Waals surface area contributed by atoms with E-state index in [1.54, 1.807) is 0 Å². The van der Waals surface area contributed by atoms with Crippen molar-refractivity contribution < 1.29 is 17.9 Å². The Bertz CT molecular complexity index is 873. The molecule has 25 heavy (non-hydrogen) atoms. The van der Waals surface area contributed by atoms with Crippen LogP contribution in [0.4, 0.5) is 0 Å². The van der Waals surface area contributed by atoms with Crippen molar-refractivity contribution in [3.63, 3.8) is 0 Å². The van der Waals surface area contributed by atoms with E-state index in [1.165, 1.54) is 41.8 Å². The number of amides is 1. The molecule has 1 N–H and O–H groups in total. The third kappa shape index (κ3) is 4.39. The van der Waals surface area contributed by atoms with Crippen LogP contribution in [0.1, 0.15) is 27.9 Å². The molecule has 2 aromatic rings. The van der Waals surface area contributed by atoms with Crippen molar-refractivity contribution in [2.24, 2.45) is 0 Å². The summed E-state index contributed by atoms with van der Waals surface area (Å²) in [5.74, 6) is 0.574. The van der Waals surface area contributed by atoms with Gasteiger partial charge in [-0.15, -0.1) is 0 Å². The Morgan fingerprint density at radius 2 is 1.80 bits per heavy atom. The quantitative estimate of drug-likeness (QED) is 0.804. The van der Waals surface area contributed by atoms with Gasteiger partial charge in [-0.05, 0) is 66.8 Å². The zero-order chi connectivity index (χ0) is 17.9. The van der Waals surface area contributed by atoms with Gasteiger partial charge in [-0.3, -0.25) is 4.79 Å². The fourth-order valence-electron chi connectivity index (χ4n) is 2.93. The Morgan fingerprint density at radius 3 is 2.52 bits per heavy atom. The van der Waals surface area contributed by atoms with E-state index < -0.39 is 9.84 Å². The molecule has 1 aliphatic carbocycles. The number of sulfone groups is 1. The van der Waals surface area contributed by atoms with Crippen molar-refractivity contribution in [2.45, 2.75) is 24.2 Å². The number of carbonyl (C=O) groups is 1. The molecule has 0 aromatic heterocycles. The monoisotopic (exact) mass is 359 g/mol. The van der Waals surface area contributed by atoms with Gasteiger partial charge in [0.15, 0.2) is 9.84 Å². The van der Waals surface area contributed by atoms with Gasteiger partial charge in [0.05, 0.1) is 11.4 Å². The Labute approximate surface area is 147 Å². The first-order valence-corrected chi connectivity index (χ1v) is 10.2. The van der Waals surface area contributed by atoms with Crippen molar-refractivity contribution in [3.8, 4) is 5.75 Å². The largest absolute Gasteiger partial charge is 0.492 e. The lowest BCUT2D eigenvalue weighted by atomic mass is 10.1. The highest BCUT2D eigenvalue weighted by Gasteiger charge is 2.12. The molecule has 0 radical (unpaired) electrons. The lowest BCUT2D eigenvalue weighted by Crippen LogP contribution is -2.28. The van der Waals surface area contributed by atoms with Crippen LogP contribution in [0.3, 0.4) is 0 Å². The predicted molar refractivity (Wildman–Crippen MR) is 95.8 cm³/mol. The highest BCUT2D eigenvalue weighted by Crippen LogP contribution is 2.25. The van der Waals surface area contributed by atoms with Crippen LogP contribution in [-0.4, -0.2) is 33.7 Å². The van der Waals surface area contributed by atoms with Crippen molar-refractivity contribution in [1.29, 1.82) is 0 Å². The maximum absolute atomic E-state index is 12.1. The summed E-state index contributed by atoms with van der Waals surface area (Å²) < 4.78 is 28.5. The molecule has 1 aliphatic rings. The minimum absolute atomic E-state index is 0.198. The van der Waals surface area contributed by atoms with Gasteiger partial charge in [-0.2, -0.15) is 0 Å². The van der Waals surface area contributed by atoms with Crippen molar-refractivity contribution in [2.75, 3.05) is 19.4 Å². The van der Waals surface area contributed by atoms with Crippen LogP contribution in [0.25, 0.3) is 0 Å². The van der Waals surface area contributed by atoms with Gasteiger partial charge >= 0.3 is 0 Å². The van der Waals surface area contributed by atoms with Crippen molar-refractivity contribution >= 4 is 15.7 Å². The van der Waals surface area contributed by atoms with Crippen LogP contribution in [0.15, 0.2) is 47.4 Å². The second kappa shape index (κ2) is 7.27. The predicted octanol–water partition coefficient (Wildman–Crippen LogP) is 2.39. The van der Waals surface area contributed by atoms with E-state index >= 15 is 0 Å². The van der Waals surface area contributed by atoms with Crippen molar-refractivity contribution in [3.05, 3.63) is 59.2 Å². The summed E-state index contributed by atoms with van der Waals surface area (Å²) in [7, 11) is -3.25. The fourth-order valence-corrected chi connectivity index (χ4v) is 3.56. The molecule has 0 saturated heterocycles. The number of hydrogen-bond acceptors (Lipinski definition) is 4. The van der Waals surface area contributed by atoms with E-state index in [2.05, 4.69) is 17.4 Å².